The summed E-state index contributed by atoms with van der Waals surface area (Å²) >= 11 is 3.22. The molecule has 0 atom stereocenters. The largest absolute Gasteiger partial charge is 0.466 e. The molecule has 0 saturated carbocycles. The van der Waals surface area contributed by atoms with Crippen LogP contribution >= 0.6 is 15.9 Å². The van der Waals surface area contributed by atoms with Crippen LogP contribution in [0.2, 0.25) is 0 Å². The van der Waals surface area contributed by atoms with Crippen LogP contribution in [0, 0.1) is 0 Å². The summed E-state index contributed by atoms with van der Waals surface area (Å²) in [6.07, 6.45) is -0.331. The Morgan fingerprint density at radius 2 is 2.25 bits per heavy atom. The summed E-state index contributed by atoms with van der Waals surface area (Å²) in [5, 5.41) is 2.71. The minimum absolute atomic E-state index is 0.145. The van der Waals surface area contributed by atoms with Gasteiger partial charge in [-0.15, -0.1) is 0 Å². The number of rotatable bonds is 8. The standard InChI is InChI=1S/C15H20BrN3O5/c1-2-23-14(21)9-13(20)19(10-11-3-4-12(16)24-11)8-7-18-6-5-17-15(18)22/h3-4H,2,5-10H2,1H3,(H,17,22). The second kappa shape index (κ2) is 8.72. The Kier molecular flexibility index (Phi) is 6.65. The summed E-state index contributed by atoms with van der Waals surface area (Å²) in [5.41, 5.74) is 0. The van der Waals surface area contributed by atoms with Gasteiger partial charge in [-0.25, -0.2) is 4.79 Å². The number of carbonyl (C=O) groups is 3. The molecule has 1 aromatic heterocycles. The van der Waals surface area contributed by atoms with E-state index in [2.05, 4.69) is 21.2 Å². The van der Waals surface area contributed by atoms with Gasteiger partial charge < -0.3 is 24.3 Å². The smallest absolute Gasteiger partial charge is 0.317 e. The number of urea groups is 1. The van der Waals surface area contributed by atoms with Gasteiger partial charge in [-0.3, -0.25) is 9.59 Å². The molecule has 3 amide bonds. The Balaban J connectivity index is 1.98. The van der Waals surface area contributed by atoms with Crippen molar-refractivity contribution in [3.05, 3.63) is 22.6 Å². The first kappa shape index (κ1) is 18.3. The first-order valence-corrected chi connectivity index (χ1v) is 8.49. The predicted octanol–water partition coefficient (Wildman–Crippen LogP) is 1.35. The van der Waals surface area contributed by atoms with Crippen molar-refractivity contribution in [1.29, 1.82) is 0 Å². The zero-order valence-corrected chi connectivity index (χ0v) is 15.0. The molecule has 9 heteroatoms. The highest BCUT2D eigenvalue weighted by atomic mass is 79.9. The lowest BCUT2D eigenvalue weighted by molar-refractivity contribution is -0.149. The molecule has 0 radical (unpaired) electrons. The van der Waals surface area contributed by atoms with E-state index in [-0.39, 0.29) is 31.5 Å². The molecule has 8 nitrogen and oxygen atoms in total. The van der Waals surface area contributed by atoms with E-state index in [4.69, 9.17) is 9.15 Å². The van der Waals surface area contributed by atoms with Crippen LogP contribution in [-0.4, -0.2) is 60.5 Å². The number of halogens is 1. The Morgan fingerprint density at radius 1 is 1.46 bits per heavy atom. The number of hydrogen-bond acceptors (Lipinski definition) is 5. The highest BCUT2D eigenvalue weighted by Crippen LogP contribution is 2.16. The van der Waals surface area contributed by atoms with Crippen LogP contribution < -0.4 is 5.32 Å². The maximum Gasteiger partial charge on any atom is 0.317 e. The molecule has 24 heavy (non-hydrogen) atoms. The number of esters is 1. The molecule has 0 aliphatic carbocycles. The molecule has 0 aromatic carbocycles. The third-order valence-electron chi connectivity index (χ3n) is 3.51. The van der Waals surface area contributed by atoms with Crippen molar-refractivity contribution in [2.24, 2.45) is 0 Å². The molecule has 132 valence electrons. The first-order chi connectivity index (χ1) is 11.5. The summed E-state index contributed by atoms with van der Waals surface area (Å²) in [7, 11) is 0. The van der Waals surface area contributed by atoms with Gasteiger partial charge in [-0.05, 0) is 35.0 Å². The number of hydrogen-bond donors (Lipinski definition) is 1. The van der Waals surface area contributed by atoms with Crippen molar-refractivity contribution in [1.82, 2.24) is 15.1 Å². The number of amides is 3. The SMILES string of the molecule is CCOC(=O)CC(=O)N(CCN1CCNC1=O)Cc1ccc(Br)o1. The second-order valence-electron chi connectivity index (χ2n) is 5.22. The summed E-state index contributed by atoms with van der Waals surface area (Å²) in [4.78, 5) is 38.6. The molecule has 1 aliphatic rings. The Bertz CT molecular complexity index is 604. The quantitative estimate of drug-likeness (QED) is 0.524. The van der Waals surface area contributed by atoms with Gasteiger partial charge in [0.1, 0.15) is 12.2 Å². The highest BCUT2D eigenvalue weighted by molar-refractivity contribution is 9.10. The van der Waals surface area contributed by atoms with Gasteiger partial charge in [0.25, 0.3) is 0 Å². The van der Waals surface area contributed by atoms with Crippen molar-refractivity contribution >= 4 is 33.8 Å². The Morgan fingerprint density at radius 3 is 2.83 bits per heavy atom. The molecule has 2 rings (SSSR count). The normalized spacial score (nSPS) is 13.8. The molecule has 1 aromatic rings. The van der Waals surface area contributed by atoms with Gasteiger partial charge in [0, 0.05) is 26.2 Å². The monoisotopic (exact) mass is 401 g/mol. The van der Waals surface area contributed by atoms with Crippen molar-refractivity contribution in [3.8, 4) is 0 Å². The highest BCUT2D eigenvalue weighted by Gasteiger charge is 2.23. The van der Waals surface area contributed by atoms with E-state index < -0.39 is 5.97 Å². The third kappa shape index (κ3) is 5.26. The summed E-state index contributed by atoms with van der Waals surface area (Å²) in [6, 6.07) is 3.34. The number of ether oxygens (including phenoxy) is 1. The first-order valence-electron chi connectivity index (χ1n) is 7.70. The minimum atomic E-state index is -0.563. The van der Waals surface area contributed by atoms with Crippen LogP contribution in [0.4, 0.5) is 4.79 Å². The summed E-state index contributed by atoms with van der Waals surface area (Å²) in [6.45, 7) is 4.04. The van der Waals surface area contributed by atoms with E-state index in [1.54, 1.807) is 24.0 Å². The molecular formula is C15H20BrN3O5. The fourth-order valence-corrected chi connectivity index (χ4v) is 2.67. The van der Waals surface area contributed by atoms with E-state index in [9.17, 15) is 14.4 Å². The molecular weight excluding hydrogens is 382 g/mol. The van der Waals surface area contributed by atoms with Crippen LogP contribution in [0.3, 0.4) is 0 Å². The van der Waals surface area contributed by atoms with E-state index in [0.717, 1.165) is 0 Å². The maximum absolute atomic E-state index is 12.4. The average molecular weight is 402 g/mol. The number of nitrogens with zero attached hydrogens (tertiary/aromatic N) is 2. The van der Waals surface area contributed by atoms with Gasteiger partial charge in [0.15, 0.2) is 4.67 Å². The average Bonchev–Trinajstić information content (AvgIpc) is 3.12. The van der Waals surface area contributed by atoms with Gasteiger partial charge in [-0.2, -0.15) is 0 Å². The number of carbonyl (C=O) groups excluding carboxylic acids is 3. The van der Waals surface area contributed by atoms with E-state index in [1.807, 2.05) is 0 Å². The molecule has 1 N–H and O–H groups in total. The van der Waals surface area contributed by atoms with Crippen LogP contribution in [0.5, 0.6) is 0 Å². The Hall–Kier alpha value is -2.03. The zero-order valence-electron chi connectivity index (χ0n) is 13.4. The molecule has 1 saturated heterocycles. The van der Waals surface area contributed by atoms with Crippen molar-refractivity contribution in [3.63, 3.8) is 0 Å². The fourth-order valence-electron chi connectivity index (χ4n) is 2.33. The van der Waals surface area contributed by atoms with Crippen LogP contribution in [0.1, 0.15) is 19.1 Å². The minimum Gasteiger partial charge on any atom is -0.466 e. The van der Waals surface area contributed by atoms with Gasteiger partial charge in [0.05, 0.1) is 13.2 Å². The molecule has 0 spiro atoms. The molecule has 2 heterocycles. The van der Waals surface area contributed by atoms with Gasteiger partial charge in [-0.1, -0.05) is 0 Å². The molecule has 1 fully saturated rings. The van der Waals surface area contributed by atoms with Gasteiger partial charge in [0.2, 0.25) is 5.91 Å². The van der Waals surface area contributed by atoms with Crippen LogP contribution in [0.15, 0.2) is 21.2 Å². The lowest BCUT2D eigenvalue weighted by atomic mass is 10.3. The van der Waals surface area contributed by atoms with E-state index in [0.29, 0.717) is 36.6 Å². The molecule has 1 aliphatic heterocycles. The third-order valence-corrected chi connectivity index (χ3v) is 3.94. The fraction of sp³-hybridized carbons (Fsp3) is 0.533. The number of furan rings is 1. The number of nitrogens with one attached hydrogen (secondary N) is 1. The summed E-state index contributed by atoms with van der Waals surface area (Å²) in [5.74, 6) is -0.336. The maximum atomic E-state index is 12.4. The van der Waals surface area contributed by atoms with Gasteiger partial charge >= 0.3 is 12.0 Å². The van der Waals surface area contributed by atoms with Crippen molar-refractivity contribution in [2.75, 3.05) is 32.8 Å². The van der Waals surface area contributed by atoms with E-state index >= 15 is 0 Å². The van der Waals surface area contributed by atoms with Crippen LogP contribution in [0.25, 0.3) is 0 Å². The summed E-state index contributed by atoms with van der Waals surface area (Å²) < 4.78 is 10.8. The topological polar surface area (TPSA) is 92.1 Å². The van der Waals surface area contributed by atoms with Crippen molar-refractivity contribution in [2.45, 2.75) is 19.9 Å². The predicted molar refractivity (Wildman–Crippen MR) is 88.0 cm³/mol. The van der Waals surface area contributed by atoms with E-state index in [1.165, 1.54) is 4.90 Å². The van der Waals surface area contributed by atoms with Crippen LogP contribution in [-0.2, 0) is 20.9 Å². The molecule has 0 bridgehead atoms. The molecule has 0 unspecified atom stereocenters. The lowest BCUT2D eigenvalue weighted by Gasteiger charge is -2.24. The van der Waals surface area contributed by atoms with Crippen molar-refractivity contribution < 1.29 is 23.5 Å². The zero-order chi connectivity index (χ0) is 17.5. The lowest BCUT2D eigenvalue weighted by Crippen LogP contribution is -2.40. The Labute approximate surface area is 148 Å². The second-order valence-corrected chi connectivity index (χ2v) is 6.00.